The number of halogens is 1. The molecule has 0 atom stereocenters. The van der Waals surface area contributed by atoms with Crippen molar-refractivity contribution >= 4 is 11.8 Å². The van der Waals surface area contributed by atoms with Gasteiger partial charge in [-0.05, 0) is 49.1 Å². The van der Waals surface area contributed by atoms with Crippen LogP contribution in [0.1, 0.15) is 26.3 Å². The molecule has 2 N–H and O–H groups in total. The van der Waals surface area contributed by atoms with E-state index >= 15 is 0 Å². The molecular weight excluding hydrogens is 321 g/mol. The highest BCUT2D eigenvalue weighted by atomic mass is 19.1. The fraction of sp³-hybridized carbons (Fsp3) is 0.389. The number of hydrogen-bond donors (Lipinski definition) is 2. The summed E-state index contributed by atoms with van der Waals surface area (Å²) in [6, 6.07) is 9.71. The van der Waals surface area contributed by atoms with Crippen molar-refractivity contribution in [3.8, 4) is 0 Å². The van der Waals surface area contributed by atoms with Gasteiger partial charge in [-0.25, -0.2) is 9.18 Å². The monoisotopic (exact) mass is 347 g/mol. The number of rotatable bonds is 3. The van der Waals surface area contributed by atoms with Gasteiger partial charge in [-0.2, -0.15) is 5.10 Å². The minimum absolute atomic E-state index is 0. The number of hydrogen-bond acceptors (Lipinski definition) is 4. The van der Waals surface area contributed by atoms with E-state index in [1.54, 1.807) is 25.4 Å². The van der Waals surface area contributed by atoms with E-state index in [1.807, 2.05) is 12.1 Å². The van der Waals surface area contributed by atoms with Gasteiger partial charge in [-0.15, -0.1) is 5.10 Å². The minimum atomic E-state index is -0.274. The number of piperidine rings is 1. The summed E-state index contributed by atoms with van der Waals surface area (Å²) in [5.74, 6) is 0.751. The van der Waals surface area contributed by atoms with Gasteiger partial charge in [0.1, 0.15) is 5.82 Å². The quantitative estimate of drug-likeness (QED) is 0.895. The zero-order valence-corrected chi connectivity index (χ0v) is 14.4. The smallest absolute Gasteiger partial charge is 0.314 e. The molecular formula is C18H26FN5O. The largest absolute Gasteiger partial charge is 0.355 e. The Morgan fingerprint density at radius 2 is 1.92 bits per heavy atom. The summed E-state index contributed by atoms with van der Waals surface area (Å²) < 4.78 is 12.5. The first-order chi connectivity index (χ1) is 12.2. The van der Waals surface area contributed by atoms with Gasteiger partial charge in [0.25, 0.3) is 0 Å². The van der Waals surface area contributed by atoms with E-state index in [4.69, 9.17) is 0 Å². The van der Waals surface area contributed by atoms with E-state index in [2.05, 4.69) is 25.7 Å². The van der Waals surface area contributed by atoms with E-state index in [0.29, 0.717) is 6.54 Å². The van der Waals surface area contributed by atoms with Gasteiger partial charge >= 0.3 is 6.03 Å². The Bertz CT molecular complexity index is 636. The summed E-state index contributed by atoms with van der Waals surface area (Å²) >= 11 is 0. The standard InChI is InChI=1S/C9H11FN2O.C9H13N3.H2/c1-11-9(13)12-6-7-2-4-8(10)5-3-7;1-2-7-12(8-3-1)9-5-4-6-10-11-9;/h2-5H,6H2,1H3,(H2,11,12,13);4-6H,1-3,7-8H2;1H. The molecule has 0 bridgehead atoms. The van der Waals surface area contributed by atoms with Gasteiger partial charge in [-0.1, -0.05) is 12.1 Å². The maximum Gasteiger partial charge on any atom is 0.314 e. The van der Waals surface area contributed by atoms with Gasteiger partial charge in [0.15, 0.2) is 5.82 Å². The zero-order chi connectivity index (χ0) is 17.9. The van der Waals surface area contributed by atoms with Gasteiger partial charge in [-0.3, -0.25) is 0 Å². The van der Waals surface area contributed by atoms with Crippen LogP contribution < -0.4 is 15.5 Å². The molecule has 1 fully saturated rings. The molecule has 0 radical (unpaired) electrons. The Morgan fingerprint density at radius 3 is 2.52 bits per heavy atom. The van der Waals surface area contributed by atoms with Crippen molar-refractivity contribution in [2.24, 2.45) is 0 Å². The van der Waals surface area contributed by atoms with Gasteiger partial charge in [0.2, 0.25) is 0 Å². The van der Waals surface area contributed by atoms with Gasteiger partial charge in [0, 0.05) is 34.3 Å². The van der Waals surface area contributed by atoms with Crippen molar-refractivity contribution in [2.45, 2.75) is 25.8 Å². The third kappa shape index (κ3) is 6.74. The van der Waals surface area contributed by atoms with Crippen LogP contribution in [0.4, 0.5) is 15.0 Å². The molecule has 1 aliphatic heterocycles. The molecule has 3 rings (SSSR count). The second kappa shape index (κ2) is 10.2. The number of benzene rings is 1. The third-order valence-corrected chi connectivity index (χ3v) is 3.83. The first-order valence-electron chi connectivity index (χ1n) is 8.41. The number of anilines is 1. The predicted molar refractivity (Wildman–Crippen MR) is 97.9 cm³/mol. The molecule has 1 aliphatic rings. The lowest BCUT2D eigenvalue weighted by Gasteiger charge is -2.26. The van der Waals surface area contributed by atoms with E-state index < -0.39 is 0 Å². The Morgan fingerprint density at radius 1 is 1.20 bits per heavy atom. The highest BCUT2D eigenvalue weighted by molar-refractivity contribution is 5.73. The van der Waals surface area contributed by atoms with Crippen LogP contribution in [0.3, 0.4) is 0 Å². The second-order valence-electron chi connectivity index (χ2n) is 5.69. The molecule has 0 spiro atoms. The van der Waals surface area contributed by atoms with E-state index in [1.165, 1.54) is 31.4 Å². The lowest BCUT2D eigenvalue weighted by Crippen LogP contribution is -2.32. The summed E-state index contributed by atoms with van der Waals surface area (Å²) in [7, 11) is 1.54. The summed E-state index contributed by atoms with van der Waals surface area (Å²) in [5.41, 5.74) is 0.866. The average molecular weight is 347 g/mol. The number of nitrogens with zero attached hydrogens (tertiary/aromatic N) is 3. The average Bonchev–Trinajstić information content (AvgIpc) is 2.69. The SMILES string of the molecule is CNC(=O)NCc1ccc(F)cc1.[HH].c1cnnc(N2CCCCC2)c1. The lowest BCUT2D eigenvalue weighted by atomic mass is 10.1. The molecule has 2 aromatic rings. The van der Waals surface area contributed by atoms with Crippen LogP contribution in [0.25, 0.3) is 0 Å². The number of carbonyl (C=O) groups is 1. The van der Waals surface area contributed by atoms with Crippen LogP contribution in [0.5, 0.6) is 0 Å². The predicted octanol–water partition coefficient (Wildman–Crippen LogP) is 2.97. The van der Waals surface area contributed by atoms with Crippen LogP contribution in [0, 0.1) is 5.82 Å². The number of carbonyl (C=O) groups excluding carboxylic acids is 1. The number of amides is 2. The molecule has 0 aliphatic carbocycles. The van der Waals surface area contributed by atoms with Crippen LogP contribution in [-0.2, 0) is 6.54 Å². The first-order valence-corrected chi connectivity index (χ1v) is 8.41. The minimum Gasteiger partial charge on any atom is -0.355 e. The molecule has 2 amide bonds. The molecule has 7 heteroatoms. The van der Waals surface area contributed by atoms with Crippen molar-refractivity contribution in [2.75, 3.05) is 25.0 Å². The van der Waals surface area contributed by atoms with Crippen LogP contribution >= 0.6 is 0 Å². The van der Waals surface area contributed by atoms with Gasteiger partial charge < -0.3 is 15.5 Å². The van der Waals surface area contributed by atoms with Crippen molar-refractivity contribution < 1.29 is 10.6 Å². The highest BCUT2D eigenvalue weighted by Crippen LogP contribution is 2.15. The highest BCUT2D eigenvalue weighted by Gasteiger charge is 2.10. The van der Waals surface area contributed by atoms with Crippen LogP contribution in [-0.4, -0.2) is 36.4 Å². The fourth-order valence-corrected chi connectivity index (χ4v) is 2.46. The topological polar surface area (TPSA) is 70.1 Å². The molecule has 0 saturated carbocycles. The van der Waals surface area contributed by atoms with E-state index in [9.17, 15) is 9.18 Å². The van der Waals surface area contributed by atoms with E-state index in [-0.39, 0.29) is 13.3 Å². The molecule has 1 saturated heterocycles. The van der Waals surface area contributed by atoms with Crippen LogP contribution in [0.15, 0.2) is 42.6 Å². The number of aromatic nitrogens is 2. The van der Waals surface area contributed by atoms with E-state index in [0.717, 1.165) is 24.5 Å². The molecule has 1 aromatic heterocycles. The first kappa shape index (κ1) is 18.6. The zero-order valence-electron chi connectivity index (χ0n) is 14.4. The third-order valence-electron chi connectivity index (χ3n) is 3.83. The molecule has 1 aromatic carbocycles. The molecule has 0 unspecified atom stereocenters. The van der Waals surface area contributed by atoms with Crippen molar-refractivity contribution in [3.63, 3.8) is 0 Å². The Labute approximate surface area is 148 Å². The normalized spacial score (nSPS) is 13.4. The summed E-state index contributed by atoms with van der Waals surface area (Å²) in [4.78, 5) is 13.1. The number of urea groups is 1. The second-order valence-corrected chi connectivity index (χ2v) is 5.69. The Kier molecular flexibility index (Phi) is 7.62. The Balaban J connectivity index is 0.000000251. The summed E-state index contributed by atoms with van der Waals surface area (Å²) in [5, 5.41) is 13.0. The molecule has 136 valence electrons. The van der Waals surface area contributed by atoms with Crippen molar-refractivity contribution in [1.29, 1.82) is 0 Å². The van der Waals surface area contributed by atoms with Crippen LogP contribution in [0.2, 0.25) is 0 Å². The Hall–Kier alpha value is -2.70. The molecule has 25 heavy (non-hydrogen) atoms. The maximum absolute atomic E-state index is 12.5. The lowest BCUT2D eigenvalue weighted by molar-refractivity contribution is 0.242. The molecule has 6 nitrogen and oxygen atoms in total. The fourth-order valence-electron chi connectivity index (χ4n) is 2.46. The summed E-state index contributed by atoms with van der Waals surface area (Å²) in [6.45, 7) is 2.68. The van der Waals surface area contributed by atoms with Gasteiger partial charge in [0.05, 0.1) is 0 Å². The summed E-state index contributed by atoms with van der Waals surface area (Å²) in [6.07, 6.45) is 5.65. The molecule has 2 heterocycles. The van der Waals surface area contributed by atoms with Crippen molar-refractivity contribution in [3.05, 3.63) is 54.0 Å². The number of nitrogens with one attached hydrogen (secondary N) is 2. The maximum atomic E-state index is 12.5. The van der Waals surface area contributed by atoms with Crippen molar-refractivity contribution in [1.82, 2.24) is 20.8 Å².